The maximum absolute atomic E-state index is 10.3. The van der Waals surface area contributed by atoms with E-state index in [1.165, 1.54) is 23.1 Å². The summed E-state index contributed by atoms with van der Waals surface area (Å²) in [4.78, 5) is 13.4. The third-order valence-electron chi connectivity index (χ3n) is 1.50. The molecule has 8 heteroatoms. The molecule has 2 aromatic heterocycles. The first-order valence-electron chi connectivity index (χ1n) is 3.55. The van der Waals surface area contributed by atoms with E-state index in [1.54, 1.807) is 0 Å². The van der Waals surface area contributed by atoms with E-state index >= 15 is 0 Å². The Morgan fingerprint density at radius 1 is 1.64 bits per heavy atom. The minimum absolute atomic E-state index is 0.264. The van der Waals surface area contributed by atoms with Gasteiger partial charge < -0.3 is 4.42 Å². The molecule has 0 saturated heterocycles. The summed E-state index contributed by atoms with van der Waals surface area (Å²) in [6.07, 6.45) is 1.38. The summed E-state index contributed by atoms with van der Waals surface area (Å²) in [5.74, 6) is -0.0617. The number of furan rings is 1. The number of aromatic nitrogens is 3. The molecule has 0 unspecified atom stereocenters. The molecule has 7 nitrogen and oxygen atoms in total. The van der Waals surface area contributed by atoms with Crippen LogP contribution < -0.4 is 0 Å². The maximum Gasteiger partial charge on any atom is 0.434 e. The van der Waals surface area contributed by atoms with Gasteiger partial charge in [-0.05, 0) is 12.2 Å². The average molecular weight is 212 g/mol. The van der Waals surface area contributed by atoms with E-state index in [9.17, 15) is 10.1 Å². The zero-order chi connectivity index (χ0) is 10.1. The molecule has 0 aliphatic heterocycles. The molecule has 0 aromatic carbocycles. The zero-order valence-corrected chi connectivity index (χ0v) is 7.52. The van der Waals surface area contributed by atoms with Crippen LogP contribution in [0.3, 0.4) is 0 Å². The predicted octanol–water partition coefficient (Wildman–Crippen LogP) is 1.43. The lowest BCUT2D eigenvalue weighted by Gasteiger charge is -1.91. The monoisotopic (exact) mass is 212 g/mol. The van der Waals surface area contributed by atoms with Crippen LogP contribution in [0.5, 0.6) is 0 Å². The molecule has 0 aliphatic rings. The van der Waals surface area contributed by atoms with Crippen molar-refractivity contribution in [2.75, 3.05) is 0 Å². The summed E-state index contributed by atoms with van der Waals surface area (Å²) in [5.41, 5.74) is 0. The third kappa shape index (κ3) is 1.42. The number of rotatable bonds is 2. The third-order valence-corrected chi connectivity index (χ3v) is 1.70. The van der Waals surface area contributed by atoms with Gasteiger partial charge in [0.25, 0.3) is 0 Å². The van der Waals surface area contributed by atoms with Crippen molar-refractivity contribution in [3.63, 3.8) is 0 Å². The van der Waals surface area contributed by atoms with E-state index in [-0.39, 0.29) is 16.5 Å². The number of aromatic amines is 1. The molecule has 2 aromatic rings. The predicted molar refractivity (Wildman–Crippen MR) is 47.7 cm³/mol. The van der Waals surface area contributed by atoms with Crippen molar-refractivity contribution >= 4 is 18.1 Å². The molecule has 0 bridgehead atoms. The molecule has 0 fully saturated rings. The summed E-state index contributed by atoms with van der Waals surface area (Å²) in [5, 5.41) is 13.0. The lowest BCUT2D eigenvalue weighted by Crippen LogP contribution is -1.91. The summed E-state index contributed by atoms with van der Waals surface area (Å²) < 4.78 is 6.53. The van der Waals surface area contributed by atoms with Gasteiger partial charge in [0.2, 0.25) is 10.7 Å². The summed E-state index contributed by atoms with van der Waals surface area (Å²) in [6.45, 7) is 0. The first kappa shape index (κ1) is 8.63. The van der Waals surface area contributed by atoms with Crippen molar-refractivity contribution < 1.29 is 9.34 Å². The van der Waals surface area contributed by atoms with E-state index < -0.39 is 4.92 Å². The van der Waals surface area contributed by atoms with Gasteiger partial charge >= 0.3 is 5.88 Å². The molecular formula is C6H4N4O3S. The van der Waals surface area contributed by atoms with Gasteiger partial charge in [0.1, 0.15) is 11.3 Å². The highest BCUT2D eigenvalue weighted by Gasteiger charge is 2.12. The molecule has 0 spiro atoms. The maximum atomic E-state index is 10.3. The van der Waals surface area contributed by atoms with E-state index in [0.717, 1.165) is 0 Å². The van der Waals surface area contributed by atoms with Crippen LogP contribution in [0.1, 0.15) is 0 Å². The fourth-order valence-corrected chi connectivity index (χ4v) is 1.07. The molecule has 0 atom stereocenters. The van der Waals surface area contributed by atoms with E-state index in [0.29, 0.717) is 0 Å². The van der Waals surface area contributed by atoms with Gasteiger partial charge in [-0.2, -0.15) is 0 Å². The van der Waals surface area contributed by atoms with Gasteiger partial charge in [0, 0.05) is 6.07 Å². The molecule has 2 heterocycles. The second kappa shape index (κ2) is 3.07. The Bertz CT molecular complexity index is 525. The molecule has 1 N–H and O–H groups in total. The van der Waals surface area contributed by atoms with Crippen LogP contribution in [0.25, 0.3) is 5.88 Å². The van der Waals surface area contributed by atoms with Crippen molar-refractivity contribution in [3.05, 3.63) is 33.3 Å². The summed E-state index contributed by atoms with van der Waals surface area (Å²) in [7, 11) is 0. The largest absolute Gasteiger partial charge is 0.434 e. The van der Waals surface area contributed by atoms with Crippen LogP contribution >= 0.6 is 12.2 Å². The Hall–Kier alpha value is -1.96. The van der Waals surface area contributed by atoms with Gasteiger partial charge in [-0.1, -0.05) is 0 Å². The Kier molecular flexibility index (Phi) is 1.89. The average Bonchev–Trinajstić information content (AvgIpc) is 2.70. The van der Waals surface area contributed by atoms with Gasteiger partial charge in [-0.3, -0.25) is 15.2 Å². The standard InChI is InChI=1S/C6H4N4O3S/c11-10(12)5-2-1-4(13-5)9-3-7-6(14)8-9/h1-3H,(H,8,14). The Balaban J connectivity index is 2.43. The zero-order valence-electron chi connectivity index (χ0n) is 6.71. The minimum Gasteiger partial charge on any atom is -0.382 e. The van der Waals surface area contributed by atoms with Crippen LogP contribution in [0.15, 0.2) is 22.9 Å². The summed E-state index contributed by atoms with van der Waals surface area (Å²) >= 11 is 4.73. The second-order valence-electron chi connectivity index (χ2n) is 2.40. The van der Waals surface area contributed by atoms with Gasteiger partial charge in [-0.25, -0.2) is 9.67 Å². The Morgan fingerprint density at radius 3 is 2.93 bits per heavy atom. The van der Waals surface area contributed by atoms with Gasteiger partial charge in [0.05, 0.1) is 6.07 Å². The highest BCUT2D eigenvalue weighted by molar-refractivity contribution is 7.71. The fraction of sp³-hybridized carbons (Fsp3) is 0. The van der Waals surface area contributed by atoms with Crippen LogP contribution in [-0.4, -0.2) is 19.7 Å². The van der Waals surface area contributed by atoms with Crippen molar-refractivity contribution in [1.29, 1.82) is 0 Å². The van der Waals surface area contributed by atoms with Crippen molar-refractivity contribution in [3.8, 4) is 5.88 Å². The highest BCUT2D eigenvalue weighted by Crippen LogP contribution is 2.17. The number of nitrogens with one attached hydrogen (secondary N) is 1. The minimum atomic E-state index is -0.616. The normalized spacial score (nSPS) is 10.3. The molecular weight excluding hydrogens is 208 g/mol. The lowest BCUT2D eigenvalue weighted by atomic mass is 10.6. The topological polar surface area (TPSA) is 89.9 Å². The van der Waals surface area contributed by atoms with Crippen LogP contribution in [-0.2, 0) is 0 Å². The summed E-state index contributed by atoms with van der Waals surface area (Å²) in [6, 6.07) is 2.71. The van der Waals surface area contributed by atoms with E-state index in [4.69, 9.17) is 16.6 Å². The number of hydrogen-bond donors (Lipinski definition) is 1. The quantitative estimate of drug-likeness (QED) is 0.462. The van der Waals surface area contributed by atoms with Crippen molar-refractivity contribution in [2.45, 2.75) is 0 Å². The Labute approximate surface area is 82.1 Å². The first-order valence-corrected chi connectivity index (χ1v) is 3.96. The first-order chi connectivity index (χ1) is 6.66. The number of nitrogens with zero attached hydrogens (tertiary/aromatic N) is 3. The van der Waals surface area contributed by atoms with Crippen LogP contribution in [0.2, 0.25) is 0 Å². The fourth-order valence-electron chi connectivity index (χ4n) is 0.928. The molecule has 2 rings (SSSR count). The highest BCUT2D eigenvalue weighted by atomic mass is 32.1. The van der Waals surface area contributed by atoms with Gasteiger partial charge in [-0.15, -0.1) is 0 Å². The second-order valence-corrected chi connectivity index (χ2v) is 2.79. The molecule has 0 aliphatic carbocycles. The molecule has 0 saturated carbocycles. The molecule has 0 radical (unpaired) electrons. The molecule has 0 amide bonds. The molecule has 72 valence electrons. The van der Waals surface area contributed by atoms with Gasteiger partial charge in [0.15, 0.2) is 0 Å². The number of hydrogen-bond acceptors (Lipinski definition) is 5. The number of nitro groups is 1. The van der Waals surface area contributed by atoms with E-state index in [1.807, 2.05) is 0 Å². The van der Waals surface area contributed by atoms with E-state index in [2.05, 4.69) is 10.1 Å². The molecule has 14 heavy (non-hydrogen) atoms. The smallest absolute Gasteiger partial charge is 0.382 e. The van der Waals surface area contributed by atoms with Crippen LogP contribution in [0.4, 0.5) is 5.88 Å². The lowest BCUT2D eigenvalue weighted by molar-refractivity contribution is -0.402. The number of H-pyrrole nitrogens is 1. The SMILES string of the molecule is O=[N+]([O-])c1ccc(-n2cnc(=S)[nH]2)o1. The van der Waals surface area contributed by atoms with Crippen molar-refractivity contribution in [1.82, 2.24) is 14.8 Å². The van der Waals surface area contributed by atoms with Crippen molar-refractivity contribution in [2.24, 2.45) is 0 Å². The Morgan fingerprint density at radius 2 is 2.43 bits per heavy atom. The van der Waals surface area contributed by atoms with Crippen LogP contribution in [0, 0.1) is 14.9 Å².